The van der Waals surface area contributed by atoms with Gasteiger partial charge < -0.3 is 20.5 Å². The summed E-state index contributed by atoms with van der Waals surface area (Å²) >= 11 is 0. The largest absolute Gasteiger partial charge is 0.480 e. The molecule has 14 heavy (non-hydrogen) atoms. The monoisotopic (exact) mass is 202 g/mol. The molecule has 80 valence electrons. The van der Waals surface area contributed by atoms with Gasteiger partial charge in [-0.3, -0.25) is 9.59 Å². The third-order valence-electron chi connectivity index (χ3n) is 2.15. The van der Waals surface area contributed by atoms with Crippen molar-refractivity contribution < 1.29 is 19.4 Å². The Morgan fingerprint density at radius 1 is 1.86 bits per heavy atom. The van der Waals surface area contributed by atoms with Crippen LogP contribution >= 0.6 is 0 Å². The number of carboxylic acids is 1. The number of hydrogen-bond donors (Lipinski definition) is 2. The molecule has 1 aliphatic rings. The zero-order valence-electron chi connectivity index (χ0n) is 7.97. The van der Waals surface area contributed by atoms with Gasteiger partial charge in [0.1, 0.15) is 12.6 Å². The molecule has 1 aliphatic heterocycles. The number of amides is 1. The predicted octanol–water partition coefficient (Wildman–Crippen LogP) is -1.35. The fourth-order valence-corrected chi connectivity index (χ4v) is 1.31. The number of nitrogens with zero attached hydrogens (tertiary/aromatic N) is 1. The van der Waals surface area contributed by atoms with E-state index in [9.17, 15) is 9.59 Å². The minimum Gasteiger partial charge on any atom is -0.480 e. The second-order valence-electron chi connectivity index (χ2n) is 3.35. The quantitative estimate of drug-likeness (QED) is 0.590. The van der Waals surface area contributed by atoms with Gasteiger partial charge in [-0.15, -0.1) is 0 Å². The van der Waals surface area contributed by atoms with E-state index in [0.29, 0.717) is 6.61 Å². The zero-order chi connectivity index (χ0) is 10.7. The smallest absolute Gasteiger partial charge is 0.322 e. The maximum absolute atomic E-state index is 11.3. The molecule has 1 fully saturated rings. The van der Waals surface area contributed by atoms with Crippen LogP contribution in [0, 0.1) is 0 Å². The molecule has 0 aliphatic carbocycles. The van der Waals surface area contributed by atoms with Gasteiger partial charge in [-0.05, 0) is 6.92 Å². The molecule has 0 saturated carbocycles. The van der Waals surface area contributed by atoms with Gasteiger partial charge in [-0.1, -0.05) is 0 Å². The molecule has 0 aromatic heterocycles. The first-order valence-electron chi connectivity index (χ1n) is 4.38. The Hall–Kier alpha value is -1.14. The Morgan fingerprint density at radius 3 is 3.00 bits per heavy atom. The van der Waals surface area contributed by atoms with E-state index in [1.54, 1.807) is 6.92 Å². The molecule has 1 amide bonds. The highest BCUT2D eigenvalue weighted by Crippen LogP contribution is 2.07. The van der Waals surface area contributed by atoms with Gasteiger partial charge in [0.15, 0.2) is 0 Å². The van der Waals surface area contributed by atoms with Crippen LogP contribution in [-0.4, -0.2) is 53.7 Å². The second-order valence-corrected chi connectivity index (χ2v) is 3.35. The lowest BCUT2D eigenvalue weighted by molar-refractivity contribution is -0.149. The standard InChI is InChI=1S/C8H14N2O4/c1-5-3-14-4-7(11)10(5)2-6(9)8(12)13/h5-6H,2-4,9H2,1H3,(H,12,13). The lowest BCUT2D eigenvalue weighted by Crippen LogP contribution is -2.53. The Labute approximate surface area is 81.6 Å². The van der Waals surface area contributed by atoms with Gasteiger partial charge in [-0.25, -0.2) is 0 Å². The van der Waals surface area contributed by atoms with Crippen LogP contribution in [0.1, 0.15) is 6.92 Å². The molecule has 0 bridgehead atoms. The van der Waals surface area contributed by atoms with Crippen LogP contribution in [0.5, 0.6) is 0 Å². The fourth-order valence-electron chi connectivity index (χ4n) is 1.31. The molecule has 0 aromatic rings. The maximum atomic E-state index is 11.3. The van der Waals surface area contributed by atoms with Crippen molar-refractivity contribution in [1.29, 1.82) is 0 Å². The highest BCUT2D eigenvalue weighted by Gasteiger charge is 2.28. The molecular formula is C8H14N2O4. The highest BCUT2D eigenvalue weighted by molar-refractivity contribution is 5.80. The molecule has 6 heteroatoms. The van der Waals surface area contributed by atoms with E-state index in [-0.39, 0.29) is 25.1 Å². The molecule has 2 atom stereocenters. The number of morpholine rings is 1. The summed E-state index contributed by atoms with van der Waals surface area (Å²) in [5.74, 6) is -1.31. The molecule has 1 heterocycles. The third kappa shape index (κ3) is 2.43. The number of carbonyl (C=O) groups is 2. The number of hydrogen-bond acceptors (Lipinski definition) is 4. The molecule has 6 nitrogen and oxygen atoms in total. The first-order valence-corrected chi connectivity index (χ1v) is 4.38. The summed E-state index contributed by atoms with van der Waals surface area (Å²) in [5, 5.41) is 8.59. The minimum absolute atomic E-state index is 0.0106. The van der Waals surface area contributed by atoms with Gasteiger partial charge in [-0.2, -0.15) is 0 Å². The van der Waals surface area contributed by atoms with Gasteiger partial charge in [0.2, 0.25) is 5.91 Å². The molecule has 0 aromatic carbocycles. The van der Waals surface area contributed by atoms with E-state index >= 15 is 0 Å². The number of rotatable bonds is 3. The van der Waals surface area contributed by atoms with Crippen molar-refractivity contribution in [3.05, 3.63) is 0 Å². The normalized spacial score (nSPS) is 24.9. The Morgan fingerprint density at radius 2 is 2.50 bits per heavy atom. The van der Waals surface area contributed by atoms with E-state index in [2.05, 4.69) is 0 Å². The van der Waals surface area contributed by atoms with Crippen LogP contribution in [0.15, 0.2) is 0 Å². The van der Waals surface area contributed by atoms with Crippen LogP contribution in [0.2, 0.25) is 0 Å². The number of carbonyl (C=O) groups excluding carboxylic acids is 1. The van der Waals surface area contributed by atoms with E-state index in [4.69, 9.17) is 15.6 Å². The first kappa shape index (κ1) is 10.9. The van der Waals surface area contributed by atoms with Gasteiger partial charge in [0, 0.05) is 6.54 Å². The predicted molar refractivity (Wildman–Crippen MR) is 47.6 cm³/mol. The van der Waals surface area contributed by atoms with Crippen LogP contribution in [0.3, 0.4) is 0 Å². The number of ether oxygens (including phenoxy) is 1. The molecule has 0 spiro atoms. The van der Waals surface area contributed by atoms with Crippen LogP contribution in [0.4, 0.5) is 0 Å². The summed E-state index contributed by atoms with van der Waals surface area (Å²) in [7, 11) is 0. The van der Waals surface area contributed by atoms with Crippen molar-refractivity contribution >= 4 is 11.9 Å². The number of carboxylic acid groups (broad SMARTS) is 1. The first-order chi connectivity index (χ1) is 6.52. The van der Waals surface area contributed by atoms with Crippen LogP contribution < -0.4 is 5.73 Å². The van der Waals surface area contributed by atoms with Crippen molar-refractivity contribution in [2.45, 2.75) is 19.0 Å². The molecule has 1 rings (SSSR count). The van der Waals surface area contributed by atoms with Crippen molar-refractivity contribution in [3.8, 4) is 0 Å². The van der Waals surface area contributed by atoms with Crippen LogP contribution in [0.25, 0.3) is 0 Å². The Kier molecular flexibility index (Phi) is 3.43. The summed E-state index contributed by atoms with van der Waals surface area (Å²) in [4.78, 5) is 23.3. The SMILES string of the molecule is CC1COCC(=O)N1CC(N)C(=O)O. The summed E-state index contributed by atoms with van der Waals surface area (Å²) in [6, 6.07) is -1.14. The van der Waals surface area contributed by atoms with E-state index < -0.39 is 12.0 Å². The van der Waals surface area contributed by atoms with Gasteiger partial charge in [0.25, 0.3) is 0 Å². The van der Waals surface area contributed by atoms with Gasteiger partial charge in [0.05, 0.1) is 12.6 Å². The summed E-state index contributed by atoms with van der Waals surface area (Å²) in [6.07, 6.45) is 0. The topological polar surface area (TPSA) is 92.9 Å². The molecular weight excluding hydrogens is 188 g/mol. The Balaban J connectivity index is 2.56. The van der Waals surface area contributed by atoms with E-state index in [0.717, 1.165) is 0 Å². The van der Waals surface area contributed by atoms with Crippen molar-refractivity contribution in [1.82, 2.24) is 4.90 Å². The number of nitrogens with two attached hydrogens (primary N) is 1. The maximum Gasteiger partial charge on any atom is 0.322 e. The fraction of sp³-hybridized carbons (Fsp3) is 0.750. The Bertz CT molecular complexity index is 243. The lowest BCUT2D eigenvalue weighted by Gasteiger charge is -2.34. The summed E-state index contributed by atoms with van der Waals surface area (Å²) in [6.45, 7) is 2.28. The highest BCUT2D eigenvalue weighted by atomic mass is 16.5. The minimum atomic E-state index is -1.10. The molecule has 3 N–H and O–H groups in total. The average molecular weight is 202 g/mol. The van der Waals surface area contributed by atoms with Gasteiger partial charge >= 0.3 is 5.97 Å². The summed E-state index contributed by atoms with van der Waals surface area (Å²) < 4.78 is 4.99. The number of aliphatic carboxylic acids is 1. The average Bonchev–Trinajstić information content (AvgIpc) is 2.11. The second kappa shape index (κ2) is 4.39. The molecule has 1 saturated heterocycles. The van der Waals surface area contributed by atoms with E-state index in [1.165, 1.54) is 4.90 Å². The molecule has 0 radical (unpaired) electrons. The van der Waals surface area contributed by atoms with Crippen LogP contribution in [-0.2, 0) is 14.3 Å². The van der Waals surface area contributed by atoms with Crippen molar-refractivity contribution in [3.63, 3.8) is 0 Å². The van der Waals surface area contributed by atoms with Crippen molar-refractivity contribution in [2.24, 2.45) is 5.73 Å². The lowest BCUT2D eigenvalue weighted by atomic mass is 10.2. The van der Waals surface area contributed by atoms with Crippen molar-refractivity contribution in [2.75, 3.05) is 19.8 Å². The molecule has 2 unspecified atom stereocenters. The third-order valence-corrected chi connectivity index (χ3v) is 2.15. The summed E-state index contributed by atoms with van der Waals surface area (Å²) in [5.41, 5.74) is 5.34. The zero-order valence-corrected chi connectivity index (χ0v) is 7.97. The van der Waals surface area contributed by atoms with E-state index in [1.807, 2.05) is 0 Å².